The van der Waals surface area contributed by atoms with Crippen molar-refractivity contribution in [3.8, 4) is 0 Å². The average molecular weight is 298 g/mol. The van der Waals surface area contributed by atoms with Crippen LogP contribution in [-0.4, -0.2) is 36.3 Å². The molecule has 0 radical (unpaired) electrons. The van der Waals surface area contributed by atoms with Gasteiger partial charge >= 0.3 is 0 Å². The molecular formula is C17H22N4O. The number of morpholine rings is 1. The van der Waals surface area contributed by atoms with Crippen molar-refractivity contribution in [1.29, 1.82) is 0 Å². The Morgan fingerprint density at radius 2 is 1.73 bits per heavy atom. The van der Waals surface area contributed by atoms with Crippen LogP contribution in [0.15, 0.2) is 24.3 Å². The molecule has 0 aliphatic carbocycles. The van der Waals surface area contributed by atoms with E-state index in [0.29, 0.717) is 0 Å². The van der Waals surface area contributed by atoms with Gasteiger partial charge in [0.05, 0.1) is 13.2 Å². The molecule has 1 N–H and O–H groups in total. The summed E-state index contributed by atoms with van der Waals surface area (Å²) in [4.78, 5) is 11.3. The normalized spacial score (nSPS) is 15.0. The standard InChI is InChI=1S/C17H22N4O/c1-12-5-4-6-13(2)17(12)20-15-11-16(19-14(3)18-15)21-7-9-22-10-8-21/h4-6,11H,7-10H2,1-3H3,(H,18,19,20). The number of anilines is 3. The maximum atomic E-state index is 5.41. The Kier molecular flexibility index (Phi) is 4.24. The minimum atomic E-state index is 0.753. The minimum Gasteiger partial charge on any atom is -0.378 e. The lowest BCUT2D eigenvalue weighted by Crippen LogP contribution is -2.36. The molecule has 22 heavy (non-hydrogen) atoms. The van der Waals surface area contributed by atoms with E-state index in [0.717, 1.165) is 49.5 Å². The molecule has 0 saturated carbocycles. The molecule has 0 bridgehead atoms. The van der Waals surface area contributed by atoms with Gasteiger partial charge in [-0.05, 0) is 31.9 Å². The first kappa shape index (κ1) is 14.8. The number of ether oxygens (including phenoxy) is 1. The number of benzene rings is 1. The number of hydrogen-bond acceptors (Lipinski definition) is 5. The summed E-state index contributed by atoms with van der Waals surface area (Å²) in [5, 5.41) is 3.45. The van der Waals surface area contributed by atoms with Gasteiger partial charge in [-0.25, -0.2) is 9.97 Å². The number of para-hydroxylation sites is 1. The molecule has 0 amide bonds. The van der Waals surface area contributed by atoms with Crippen molar-refractivity contribution >= 4 is 17.3 Å². The average Bonchev–Trinajstić information content (AvgIpc) is 2.51. The third-order valence-electron chi connectivity index (χ3n) is 3.89. The molecule has 0 spiro atoms. The maximum Gasteiger partial charge on any atom is 0.136 e. The SMILES string of the molecule is Cc1nc(Nc2c(C)cccc2C)cc(N2CCOCC2)n1. The second-order valence-electron chi connectivity index (χ2n) is 5.65. The number of aryl methyl sites for hydroxylation is 3. The molecule has 5 nitrogen and oxygen atoms in total. The van der Waals surface area contributed by atoms with Gasteiger partial charge in [-0.15, -0.1) is 0 Å². The summed E-state index contributed by atoms with van der Waals surface area (Å²) in [7, 11) is 0. The van der Waals surface area contributed by atoms with Gasteiger partial charge in [0.2, 0.25) is 0 Å². The predicted octanol–water partition coefficient (Wildman–Crippen LogP) is 2.98. The number of nitrogens with one attached hydrogen (secondary N) is 1. The highest BCUT2D eigenvalue weighted by molar-refractivity contribution is 5.66. The maximum absolute atomic E-state index is 5.41. The van der Waals surface area contributed by atoms with Crippen molar-refractivity contribution in [2.24, 2.45) is 0 Å². The van der Waals surface area contributed by atoms with E-state index in [1.54, 1.807) is 0 Å². The molecule has 1 aliphatic rings. The van der Waals surface area contributed by atoms with Crippen LogP contribution < -0.4 is 10.2 Å². The molecule has 1 aromatic heterocycles. The van der Waals surface area contributed by atoms with Crippen molar-refractivity contribution in [3.63, 3.8) is 0 Å². The molecule has 2 heterocycles. The van der Waals surface area contributed by atoms with E-state index in [1.165, 1.54) is 11.1 Å². The lowest BCUT2D eigenvalue weighted by molar-refractivity contribution is 0.122. The van der Waals surface area contributed by atoms with Crippen molar-refractivity contribution in [2.45, 2.75) is 20.8 Å². The van der Waals surface area contributed by atoms with E-state index in [-0.39, 0.29) is 0 Å². The first-order valence-corrected chi connectivity index (χ1v) is 7.65. The topological polar surface area (TPSA) is 50.3 Å². The molecule has 0 atom stereocenters. The van der Waals surface area contributed by atoms with Gasteiger partial charge in [0.15, 0.2) is 0 Å². The Morgan fingerprint density at radius 3 is 2.41 bits per heavy atom. The minimum absolute atomic E-state index is 0.753. The Morgan fingerprint density at radius 1 is 1.05 bits per heavy atom. The van der Waals surface area contributed by atoms with E-state index < -0.39 is 0 Å². The molecule has 1 aliphatic heterocycles. The van der Waals surface area contributed by atoms with Gasteiger partial charge < -0.3 is 15.0 Å². The fraction of sp³-hybridized carbons (Fsp3) is 0.412. The zero-order chi connectivity index (χ0) is 15.5. The Balaban J connectivity index is 1.89. The molecular weight excluding hydrogens is 276 g/mol. The number of rotatable bonds is 3. The van der Waals surface area contributed by atoms with Crippen LogP contribution in [0.2, 0.25) is 0 Å². The van der Waals surface area contributed by atoms with Gasteiger partial charge in [0.25, 0.3) is 0 Å². The summed E-state index contributed by atoms with van der Waals surface area (Å²) < 4.78 is 5.41. The van der Waals surface area contributed by atoms with Crippen LogP contribution in [0.5, 0.6) is 0 Å². The van der Waals surface area contributed by atoms with E-state index in [9.17, 15) is 0 Å². The molecule has 0 unspecified atom stereocenters. The summed E-state index contributed by atoms with van der Waals surface area (Å²) in [6.45, 7) is 9.39. The fourth-order valence-electron chi connectivity index (χ4n) is 2.71. The van der Waals surface area contributed by atoms with E-state index >= 15 is 0 Å². The van der Waals surface area contributed by atoms with Crippen LogP contribution in [0.1, 0.15) is 17.0 Å². The van der Waals surface area contributed by atoms with Crippen LogP contribution in [0.4, 0.5) is 17.3 Å². The highest BCUT2D eigenvalue weighted by Crippen LogP contribution is 2.25. The van der Waals surface area contributed by atoms with Crippen molar-refractivity contribution in [2.75, 3.05) is 36.5 Å². The summed E-state index contributed by atoms with van der Waals surface area (Å²) in [6, 6.07) is 8.29. The van der Waals surface area contributed by atoms with Crippen LogP contribution in [0.25, 0.3) is 0 Å². The van der Waals surface area contributed by atoms with Gasteiger partial charge in [-0.1, -0.05) is 18.2 Å². The van der Waals surface area contributed by atoms with Crippen molar-refractivity contribution in [1.82, 2.24) is 9.97 Å². The van der Waals surface area contributed by atoms with Crippen LogP contribution >= 0.6 is 0 Å². The molecule has 116 valence electrons. The molecule has 2 aromatic rings. The first-order chi connectivity index (χ1) is 10.6. The molecule has 1 saturated heterocycles. The summed E-state index contributed by atoms with van der Waals surface area (Å²) in [6.07, 6.45) is 0. The quantitative estimate of drug-likeness (QED) is 0.944. The Bertz CT molecular complexity index is 645. The van der Waals surface area contributed by atoms with Crippen LogP contribution in [0, 0.1) is 20.8 Å². The zero-order valence-electron chi connectivity index (χ0n) is 13.4. The number of hydrogen-bond donors (Lipinski definition) is 1. The lowest BCUT2D eigenvalue weighted by atomic mass is 10.1. The third kappa shape index (κ3) is 3.20. The molecule has 3 rings (SSSR count). The number of aromatic nitrogens is 2. The van der Waals surface area contributed by atoms with E-state index in [2.05, 4.69) is 52.2 Å². The molecule has 5 heteroatoms. The summed E-state index contributed by atoms with van der Waals surface area (Å²) in [5.41, 5.74) is 3.54. The lowest BCUT2D eigenvalue weighted by Gasteiger charge is -2.28. The smallest absolute Gasteiger partial charge is 0.136 e. The van der Waals surface area contributed by atoms with Gasteiger partial charge in [0.1, 0.15) is 17.5 Å². The first-order valence-electron chi connectivity index (χ1n) is 7.65. The summed E-state index contributed by atoms with van der Waals surface area (Å²) >= 11 is 0. The highest BCUT2D eigenvalue weighted by atomic mass is 16.5. The Hall–Kier alpha value is -2.14. The fourth-order valence-corrected chi connectivity index (χ4v) is 2.71. The van der Waals surface area contributed by atoms with Gasteiger partial charge in [0, 0.05) is 24.8 Å². The monoisotopic (exact) mass is 298 g/mol. The number of nitrogens with zero attached hydrogens (tertiary/aromatic N) is 3. The largest absolute Gasteiger partial charge is 0.378 e. The van der Waals surface area contributed by atoms with E-state index in [1.807, 2.05) is 13.0 Å². The van der Waals surface area contributed by atoms with E-state index in [4.69, 9.17) is 4.74 Å². The molecule has 1 aromatic carbocycles. The van der Waals surface area contributed by atoms with Gasteiger partial charge in [-0.2, -0.15) is 0 Å². The highest BCUT2D eigenvalue weighted by Gasteiger charge is 2.14. The van der Waals surface area contributed by atoms with Crippen LogP contribution in [-0.2, 0) is 4.74 Å². The van der Waals surface area contributed by atoms with Crippen LogP contribution in [0.3, 0.4) is 0 Å². The predicted molar refractivity (Wildman–Crippen MR) is 89.0 cm³/mol. The van der Waals surface area contributed by atoms with Crippen molar-refractivity contribution < 1.29 is 4.74 Å². The summed E-state index contributed by atoms with van der Waals surface area (Å²) in [5.74, 6) is 2.58. The van der Waals surface area contributed by atoms with Gasteiger partial charge in [-0.3, -0.25) is 0 Å². The third-order valence-corrected chi connectivity index (χ3v) is 3.89. The zero-order valence-corrected chi connectivity index (χ0v) is 13.4. The second-order valence-corrected chi connectivity index (χ2v) is 5.65. The second kappa shape index (κ2) is 6.32. The van der Waals surface area contributed by atoms with Crippen molar-refractivity contribution in [3.05, 3.63) is 41.2 Å². The Labute approximate surface area is 131 Å². The molecule has 1 fully saturated rings.